The van der Waals surface area contributed by atoms with Crippen LogP contribution in [-0.2, 0) is 4.79 Å². The summed E-state index contributed by atoms with van der Waals surface area (Å²) in [4.78, 5) is 15.4. The van der Waals surface area contributed by atoms with Crippen molar-refractivity contribution in [3.63, 3.8) is 0 Å². The Hall–Kier alpha value is -1.42. The highest BCUT2D eigenvalue weighted by Gasteiger charge is 2.41. The summed E-state index contributed by atoms with van der Waals surface area (Å²) < 4.78 is 0. The van der Waals surface area contributed by atoms with E-state index < -0.39 is 11.5 Å². The van der Waals surface area contributed by atoms with Gasteiger partial charge >= 0.3 is 5.97 Å². The number of pyridine rings is 1. The first kappa shape index (κ1) is 12.0. The Morgan fingerprint density at radius 2 is 2.00 bits per heavy atom. The SMILES string of the molecule is CC(NC1(C(=O)O)CCCC1)c1ccncc1. The zero-order valence-corrected chi connectivity index (χ0v) is 10.0. The second-order valence-corrected chi connectivity index (χ2v) is 4.74. The van der Waals surface area contributed by atoms with Crippen LogP contribution in [0.25, 0.3) is 0 Å². The van der Waals surface area contributed by atoms with Gasteiger partial charge in [-0.2, -0.15) is 0 Å². The van der Waals surface area contributed by atoms with E-state index in [1.165, 1.54) is 0 Å². The minimum absolute atomic E-state index is 0.0344. The van der Waals surface area contributed by atoms with Crippen molar-refractivity contribution in [1.29, 1.82) is 0 Å². The fraction of sp³-hybridized carbons (Fsp3) is 0.538. The Labute approximate surface area is 101 Å². The van der Waals surface area contributed by atoms with Gasteiger partial charge in [0, 0.05) is 18.4 Å². The first-order valence-electron chi connectivity index (χ1n) is 6.05. The number of hydrogen-bond acceptors (Lipinski definition) is 3. The molecule has 4 heteroatoms. The van der Waals surface area contributed by atoms with Gasteiger partial charge in [0.2, 0.25) is 0 Å². The molecule has 0 bridgehead atoms. The van der Waals surface area contributed by atoms with Gasteiger partial charge in [-0.3, -0.25) is 15.1 Å². The van der Waals surface area contributed by atoms with Crippen molar-refractivity contribution >= 4 is 5.97 Å². The first-order valence-corrected chi connectivity index (χ1v) is 6.05. The highest BCUT2D eigenvalue weighted by atomic mass is 16.4. The van der Waals surface area contributed by atoms with E-state index >= 15 is 0 Å². The predicted molar refractivity (Wildman–Crippen MR) is 64.6 cm³/mol. The van der Waals surface area contributed by atoms with Gasteiger partial charge < -0.3 is 5.11 Å². The van der Waals surface area contributed by atoms with Gasteiger partial charge in [0.15, 0.2) is 0 Å². The molecule has 1 aliphatic carbocycles. The van der Waals surface area contributed by atoms with Gasteiger partial charge in [0.1, 0.15) is 5.54 Å². The van der Waals surface area contributed by atoms with E-state index in [1.807, 2.05) is 19.1 Å². The van der Waals surface area contributed by atoms with Crippen molar-refractivity contribution in [1.82, 2.24) is 10.3 Å². The summed E-state index contributed by atoms with van der Waals surface area (Å²) in [5, 5.41) is 12.7. The van der Waals surface area contributed by atoms with Crippen LogP contribution in [0.5, 0.6) is 0 Å². The van der Waals surface area contributed by atoms with Crippen LogP contribution in [0, 0.1) is 0 Å². The summed E-state index contributed by atoms with van der Waals surface area (Å²) in [6.07, 6.45) is 6.88. The number of nitrogens with one attached hydrogen (secondary N) is 1. The van der Waals surface area contributed by atoms with E-state index in [4.69, 9.17) is 0 Å². The maximum Gasteiger partial charge on any atom is 0.323 e. The Bertz CT molecular complexity index is 386. The normalized spacial score (nSPS) is 20.1. The molecule has 0 aliphatic heterocycles. The number of nitrogens with zero attached hydrogens (tertiary/aromatic N) is 1. The summed E-state index contributed by atoms with van der Waals surface area (Å²) in [7, 11) is 0. The third kappa shape index (κ3) is 2.47. The zero-order chi connectivity index (χ0) is 12.3. The minimum Gasteiger partial charge on any atom is -0.480 e. The number of carboxylic acid groups (broad SMARTS) is 1. The highest BCUT2D eigenvalue weighted by Crippen LogP contribution is 2.32. The Balaban J connectivity index is 2.11. The number of carbonyl (C=O) groups is 1. The van der Waals surface area contributed by atoms with Crippen molar-refractivity contribution in [2.75, 3.05) is 0 Å². The van der Waals surface area contributed by atoms with E-state index in [0.29, 0.717) is 0 Å². The molecular weight excluding hydrogens is 216 g/mol. The molecule has 1 aromatic heterocycles. The van der Waals surface area contributed by atoms with Crippen LogP contribution in [0.3, 0.4) is 0 Å². The van der Waals surface area contributed by atoms with Gasteiger partial charge in [0.25, 0.3) is 0 Å². The number of rotatable bonds is 4. The molecule has 0 radical (unpaired) electrons. The number of aliphatic carboxylic acids is 1. The van der Waals surface area contributed by atoms with Crippen LogP contribution in [-0.4, -0.2) is 21.6 Å². The van der Waals surface area contributed by atoms with E-state index in [9.17, 15) is 9.90 Å². The molecule has 0 aromatic carbocycles. The topological polar surface area (TPSA) is 62.2 Å². The summed E-state index contributed by atoms with van der Waals surface area (Å²) >= 11 is 0. The van der Waals surface area contributed by atoms with Crippen LogP contribution >= 0.6 is 0 Å². The second-order valence-electron chi connectivity index (χ2n) is 4.74. The minimum atomic E-state index is -0.733. The Morgan fingerprint density at radius 1 is 1.41 bits per heavy atom. The van der Waals surface area contributed by atoms with Gasteiger partial charge in [0.05, 0.1) is 0 Å². The molecule has 92 valence electrons. The average Bonchev–Trinajstić information content (AvgIpc) is 2.80. The molecule has 2 rings (SSSR count). The lowest BCUT2D eigenvalue weighted by atomic mass is 9.95. The van der Waals surface area contributed by atoms with Crippen LogP contribution < -0.4 is 5.32 Å². The Kier molecular flexibility index (Phi) is 3.43. The molecular formula is C13H18N2O2. The molecule has 1 heterocycles. The predicted octanol–water partition coefficient (Wildman–Crippen LogP) is 2.13. The summed E-state index contributed by atoms with van der Waals surface area (Å²) in [5.74, 6) is -0.726. The standard InChI is InChI=1S/C13H18N2O2/c1-10(11-4-8-14-9-5-11)15-13(12(16)17)6-2-3-7-13/h4-5,8-10,15H,2-3,6-7H2,1H3,(H,16,17). The third-order valence-corrected chi connectivity index (χ3v) is 3.57. The maximum absolute atomic E-state index is 11.4. The lowest BCUT2D eigenvalue weighted by molar-refractivity contribution is -0.145. The molecule has 1 unspecified atom stereocenters. The fourth-order valence-electron chi connectivity index (χ4n) is 2.55. The van der Waals surface area contributed by atoms with E-state index in [2.05, 4.69) is 10.3 Å². The monoisotopic (exact) mass is 234 g/mol. The van der Waals surface area contributed by atoms with Crippen LogP contribution in [0.15, 0.2) is 24.5 Å². The Morgan fingerprint density at radius 3 is 2.53 bits per heavy atom. The maximum atomic E-state index is 11.4. The largest absolute Gasteiger partial charge is 0.480 e. The van der Waals surface area contributed by atoms with Crippen molar-refractivity contribution in [3.8, 4) is 0 Å². The summed E-state index contributed by atoms with van der Waals surface area (Å²) in [6, 6.07) is 3.87. The highest BCUT2D eigenvalue weighted by molar-refractivity contribution is 5.79. The smallest absolute Gasteiger partial charge is 0.323 e. The average molecular weight is 234 g/mol. The summed E-state index contributed by atoms with van der Waals surface area (Å²) in [6.45, 7) is 2.00. The molecule has 1 saturated carbocycles. The summed E-state index contributed by atoms with van der Waals surface area (Å²) in [5.41, 5.74) is 0.343. The molecule has 1 aromatic rings. The lowest BCUT2D eigenvalue weighted by Gasteiger charge is -2.29. The number of aromatic nitrogens is 1. The van der Waals surface area contributed by atoms with Crippen LogP contribution in [0.4, 0.5) is 0 Å². The van der Waals surface area contributed by atoms with E-state index in [-0.39, 0.29) is 6.04 Å². The molecule has 1 atom stereocenters. The first-order chi connectivity index (χ1) is 8.14. The fourth-order valence-corrected chi connectivity index (χ4v) is 2.55. The molecule has 1 fully saturated rings. The molecule has 0 saturated heterocycles. The molecule has 17 heavy (non-hydrogen) atoms. The number of carboxylic acids is 1. The molecule has 0 spiro atoms. The number of hydrogen-bond donors (Lipinski definition) is 2. The molecule has 2 N–H and O–H groups in total. The molecule has 0 amide bonds. The second kappa shape index (κ2) is 4.84. The van der Waals surface area contributed by atoms with Gasteiger partial charge in [-0.25, -0.2) is 0 Å². The lowest BCUT2D eigenvalue weighted by Crippen LogP contribution is -2.50. The quantitative estimate of drug-likeness (QED) is 0.837. The molecule has 1 aliphatic rings. The van der Waals surface area contributed by atoms with Crippen molar-refractivity contribution in [2.45, 2.75) is 44.2 Å². The molecule has 4 nitrogen and oxygen atoms in total. The zero-order valence-electron chi connectivity index (χ0n) is 10.0. The van der Waals surface area contributed by atoms with Crippen LogP contribution in [0.2, 0.25) is 0 Å². The van der Waals surface area contributed by atoms with E-state index in [0.717, 1.165) is 31.2 Å². The van der Waals surface area contributed by atoms with E-state index in [1.54, 1.807) is 12.4 Å². The van der Waals surface area contributed by atoms with Gasteiger partial charge in [-0.15, -0.1) is 0 Å². The van der Waals surface area contributed by atoms with Gasteiger partial charge in [-0.05, 0) is 37.5 Å². The van der Waals surface area contributed by atoms with Crippen molar-refractivity contribution in [2.24, 2.45) is 0 Å². The van der Waals surface area contributed by atoms with Crippen LogP contribution in [0.1, 0.15) is 44.2 Å². The third-order valence-electron chi connectivity index (χ3n) is 3.57. The van der Waals surface area contributed by atoms with Crippen molar-refractivity contribution in [3.05, 3.63) is 30.1 Å². The van der Waals surface area contributed by atoms with Gasteiger partial charge in [-0.1, -0.05) is 12.8 Å². The van der Waals surface area contributed by atoms with Crippen molar-refractivity contribution < 1.29 is 9.90 Å².